The molecule has 0 rings (SSSR count). The predicted octanol–water partition coefficient (Wildman–Crippen LogP) is 0.804. The molecule has 0 fully saturated rings. The lowest BCUT2D eigenvalue weighted by atomic mass is 9.98. The van der Waals surface area contributed by atoms with Crippen molar-refractivity contribution in [2.24, 2.45) is 5.92 Å². The summed E-state index contributed by atoms with van der Waals surface area (Å²) in [5, 5.41) is 3.02. The summed E-state index contributed by atoms with van der Waals surface area (Å²) in [6.45, 7) is 4.12. The third kappa shape index (κ3) is 9.76. The monoisotopic (exact) mass is 315 g/mol. The van der Waals surface area contributed by atoms with Crippen molar-refractivity contribution in [1.82, 2.24) is 5.32 Å². The van der Waals surface area contributed by atoms with E-state index in [1.165, 1.54) is 0 Å². The Morgan fingerprint density at radius 3 is 2.32 bits per heavy atom. The van der Waals surface area contributed by atoms with Crippen LogP contribution in [-0.2, 0) is 18.0 Å². The van der Waals surface area contributed by atoms with E-state index < -0.39 is 15.6 Å². The molecule has 0 bridgehead atoms. The molecule has 0 aliphatic carbocycles. The summed E-state index contributed by atoms with van der Waals surface area (Å²) < 4.78 is 30.0. The summed E-state index contributed by atoms with van der Waals surface area (Å²) in [7, 11) is -4.51. The first-order chi connectivity index (χ1) is 8.61. The summed E-state index contributed by atoms with van der Waals surface area (Å²) in [5.74, 6) is 0.126. The molecule has 112 valence electrons. The van der Waals surface area contributed by atoms with E-state index in [9.17, 15) is 9.13 Å². The molecular formula is C8H20BNO7P2. The number of phosphoric ester groups is 1. The van der Waals surface area contributed by atoms with Gasteiger partial charge >= 0.3 is 15.6 Å². The van der Waals surface area contributed by atoms with Gasteiger partial charge < -0.3 is 20.0 Å². The Morgan fingerprint density at radius 2 is 1.89 bits per heavy atom. The van der Waals surface area contributed by atoms with Gasteiger partial charge in [0, 0.05) is 6.04 Å². The SMILES string of the molecule is [B]CCN[C@@H](COP(=O)(O)OP(=O)(O)O)C(C)CC. The van der Waals surface area contributed by atoms with Crippen molar-refractivity contribution in [3.05, 3.63) is 0 Å². The van der Waals surface area contributed by atoms with E-state index in [0.717, 1.165) is 6.42 Å². The second kappa shape index (κ2) is 8.54. The van der Waals surface area contributed by atoms with Crippen LogP contribution >= 0.6 is 15.6 Å². The fraction of sp³-hybridized carbons (Fsp3) is 1.00. The minimum Gasteiger partial charge on any atom is -0.312 e. The number of phosphoric acid groups is 2. The van der Waals surface area contributed by atoms with Crippen molar-refractivity contribution >= 4 is 23.5 Å². The van der Waals surface area contributed by atoms with Gasteiger partial charge in [0.15, 0.2) is 0 Å². The quantitative estimate of drug-likeness (QED) is 0.345. The van der Waals surface area contributed by atoms with Crippen LogP contribution in [0.4, 0.5) is 0 Å². The molecular weight excluding hydrogens is 295 g/mol. The first kappa shape index (κ1) is 19.3. The fourth-order valence-corrected chi connectivity index (χ4v) is 2.92. The number of rotatable bonds is 10. The highest BCUT2D eigenvalue weighted by molar-refractivity contribution is 7.60. The Hall–Kier alpha value is 0.285. The van der Waals surface area contributed by atoms with E-state index >= 15 is 0 Å². The molecule has 0 spiro atoms. The Kier molecular flexibility index (Phi) is 8.67. The van der Waals surface area contributed by atoms with Gasteiger partial charge in [0.05, 0.1) is 14.5 Å². The van der Waals surface area contributed by atoms with Crippen LogP contribution in [0.3, 0.4) is 0 Å². The van der Waals surface area contributed by atoms with E-state index in [-0.39, 0.29) is 18.6 Å². The van der Waals surface area contributed by atoms with Gasteiger partial charge in [-0.2, -0.15) is 4.31 Å². The van der Waals surface area contributed by atoms with Crippen LogP contribution in [0.15, 0.2) is 0 Å². The molecule has 0 aliphatic heterocycles. The van der Waals surface area contributed by atoms with Gasteiger partial charge in [-0.05, 0) is 12.5 Å². The van der Waals surface area contributed by atoms with Gasteiger partial charge in [-0.25, -0.2) is 9.13 Å². The number of hydrogen-bond donors (Lipinski definition) is 4. The van der Waals surface area contributed by atoms with Gasteiger partial charge in [-0.1, -0.05) is 26.6 Å². The highest BCUT2D eigenvalue weighted by Gasteiger charge is 2.33. The van der Waals surface area contributed by atoms with Crippen LogP contribution in [0.1, 0.15) is 20.3 Å². The lowest BCUT2D eigenvalue weighted by Gasteiger charge is -2.25. The van der Waals surface area contributed by atoms with Gasteiger partial charge in [0.2, 0.25) is 0 Å². The van der Waals surface area contributed by atoms with Gasteiger partial charge in [-0.3, -0.25) is 4.52 Å². The Labute approximate surface area is 114 Å². The topological polar surface area (TPSA) is 125 Å². The van der Waals surface area contributed by atoms with Crippen molar-refractivity contribution in [3.8, 4) is 0 Å². The molecule has 0 aromatic heterocycles. The second-order valence-corrected chi connectivity index (χ2v) is 6.90. The molecule has 0 saturated carbocycles. The van der Waals surface area contributed by atoms with Crippen LogP contribution < -0.4 is 5.32 Å². The predicted molar refractivity (Wildman–Crippen MR) is 70.7 cm³/mol. The summed E-state index contributed by atoms with van der Waals surface area (Å²) in [4.78, 5) is 26.1. The number of nitrogens with one attached hydrogen (secondary N) is 1. The van der Waals surface area contributed by atoms with Crippen molar-refractivity contribution in [3.63, 3.8) is 0 Å². The second-order valence-electron chi connectivity index (χ2n) is 4.07. The maximum Gasteiger partial charge on any atom is 0.481 e. The zero-order chi connectivity index (χ0) is 15.1. The van der Waals surface area contributed by atoms with E-state index in [0.29, 0.717) is 12.9 Å². The Morgan fingerprint density at radius 1 is 1.32 bits per heavy atom. The van der Waals surface area contributed by atoms with Crippen molar-refractivity contribution < 1.29 is 32.6 Å². The molecule has 8 nitrogen and oxygen atoms in total. The summed E-state index contributed by atoms with van der Waals surface area (Å²) in [6.07, 6.45) is 1.18. The van der Waals surface area contributed by atoms with E-state index in [1.54, 1.807) is 0 Å². The highest BCUT2D eigenvalue weighted by Crippen LogP contribution is 2.57. The molecule has 11 heteroatoms. The average molecular weight is 315 g/mol. The normalized spacial score (nSPS) is 18.8. The third-order valence-electron chi connectivity index (χ3n) is 2.51. The molecule has 3 atom stereocenters. The van der Waals surface area contributed by atoms with E-state index in [4.69, 9.17) is 22.5 Å². The molecule has 4 N–H and O–H groups in total. The summed E-state index contributed by atoms with van der Waals surface area (Å²) >= 11 is 0. The lowest BCUT2D eigenvalue weighted by Crippen LogP contribution is -2.39. The smallest absolute Gasteiger partial charge is 0.312 e. The largest absolute Gasteiger partial charge is 0.481 e. The zero-order valence-electron chi connectivity index (χ0n) is 10.9. The Bertz CT molecular complexity index is 350. The minimum absolute atomic E-state index is 0.126. The minimum atomic E-state index is -5.08. The lowest BCUT2D eigenvalue weighted by molar-refractivity contribution is 0.150. The van der Waals surface area contributed by atoms with Gasteiger partial charge in [-0.15, -0.1) is 0 Å². The third-order valence-corrected chi connectivity index (χ3v) is 4.66. The molecule has 0 aromatic rings. The first-order valence-electron chi connectivity index (χ1n) is 5.79. The van der Waals surface area contributed by atoms with Crippen LogP contribution in [0.2, 0.25) is 6.32 Å². The van der Waals surface area contributed by atoms with E-state index in [1.807, 2.05) is 13.8 Å². The van der Waals surface area contributed by atoms with Crippen LogP contribution in [0, 0.1) is 5.92 Å². The molecule has 19 heavy (non-hydrogen) atoms. The zero-order valence-corrected chi connectivity index (χ0v) is 12.7. The van der Waals surface area contributed by atoms with Crippen LogP contribution in [-0.4, -0.2) is 41.7 Å². The Balaban J connectivity index is 4.44. The molecule has 0 saturated heterocycles. The van der Waals surface area contributed by atoms with Crippen molar-refractivity contribution in [1.29, 1.82) is 0 Å². The molecule has 0 aliphatic rings. The molecule has 0 heterocycles. The van der Waals surface area contributed by atoms with Crippen LogP contribution in [0.25, 0.3) is 0 Å². The fourth-order valence-electron chi connectivity index (χ4n) is 1.31. The van der Waals surface area contributed by atoms with Crippen LogP contribution in [0.5, 0.6) is 0 Å². The summed E-state index contributed by atoms with van der Waals surface area (Å²) in [6, 6.07) is -0.269. The van der Waals surface area contributed by atoms with Gasteiger partial charge in [0.25, 0.3) is 0 Å². The average Bonchev–Trinajstić information content (AvgIpc) is 2.25. The first-order valence-corrected chi connectivity index (χ1v) is 8.81. The van der Waals surface area contributed by atoms with Crippen molar-refractivity contribution in [2.75, 3.05) is 13.2 Å². The highest BCUT2D eigenvalue weighted by atomic mass is 31.3. The maximum atomic E-state index is 11.3. The molecule has 2 radical (unpaired) electrons. The molecule has 2 unspecified atom stereocenters. The molecule has 0 amide bonds. The van der Waals surface area contributed by atoms with Crippen molar-refractivity contribution in [2.45, 2.75) is 32.6 Å². The molecule has 0 aromatic carbocycles. The number of hydrogen-bond acceptors (Lipinski definition) is 5. The summed E-state index contributed by atoms with van der Waals surface area (Å²) in [5.41, 5.74) is 0. The maximum absolute atomic E-state index is 11.3. The van der Waals surface area contributed by atoms with Gasteiger partial charge in [0.1, 0.15) is 0 Å². The van der Waals surface area contributed by atoms with E-state index in [2.05, 4.69) is 14.2 Å². The standard InChI is InChI=1S/C8H20BNO7P2/c1-3-7(2)8(10-5-4-9)6-16-19(14,15)17-18(11,12)13/h7-8,10H,3-6H2,1-2H3,(H,14,15)(H2,11,12,13)/t7?,8-/m0/s1.